The largest absolute Gasteiger partial charge is 0.418 e. The van der Waals surface area contributed by atoms with Crippen LogP contribution in [0.2, 0.25) is 0 Å². The zero-order chi connectivity index (χ0) is 30.3. The van der Waals surface area contributed by atoms with Gasteiger partial charge in [0.1, 0.15) is 5.82 Å². The number of carbonyl (C=O) groups is 2. The summed E-state index contributed by atoms with van der Waals surface area (Å²) in [5.41, 5.74) is 1.07. The Labute approximate surface area is 244 Å². The SMILES string of the molecule is CN(C)C(=O)C[C@H](CSc1ccccc1)Nc1c(C(=O)N/N=C/c2ccccc2F)cnc2c(C(F)(F)F)cccc12. The van der Waals surface area contributed by atoms with E-state index in [1.807, 2.05) is 30.3 Å². The molecular formula is C30H27F4N5O2S. The van der Waals surface area contributed by atoms with Crippen LogP contribution in [0.4, 0.5) is 23.2 Å². The maximum absolute atomic E-state index is 14.0. The minimum absolute atomic E-state index is 0.00209. The molecule has 0 unspecified atom stereocenters. The Hall–Kier alpha value is -4.45. The van der Waals surface area contributed by atoms with Crippen molar-refractivity contribution in [3.8, 4) is 0 Å². The van der Waals surface area contributed by atoms with Crippen molar-refractivity contribution in [2.45, 2.75) is 23.5 Å². The first-order valence-electron chi connectivity index (χ1n) is 12.8. The van der Waals surface area contributed by atoms with Gasteiger partial charge in [-0.1, -0.05) is 48.5 Å². The summed E-state index contributed by atoms with van der Waals surface area (Å²) < 4.78 is 55.5. The Kier molecular flexibility index (Phi) is 9.79. The molecule has 3 aromatic carbocycles. The number of rotatable bonds is 10. The van der Waals surface area contributed by atoms with E-state index in [9.17, 15) is 27.2 Å². The highest BCUT2D eigenvalue weighted by atomic mass is 32.2. The molecule has 1 aromatic heterocycles. The molecule has 2 amide bonds. The fourth-order valence-electron chi connectivity index (χ4n) is 4.04. The average molecular weight is 598 g/mol. The zero-order valence-electron chi connectivity index (χ0n) is 22.7. The predicted octanol–water partition coefficient (Wildman–Crippen LogP) is 6.21. The summed E-state index contributed by atoms with van der Waals surface area (Å²) in [5, 5.41) is 7.04. The highest BCUT2D eigenvalue weighted by molar-refractivity contribution is 7.99. The van der Waals surface area contributed by atoms with Crippen LogP contribution in [0, 0.1) is 5.82 Å². The van der Waals surface area contributed by atoms with Crippen LogP contribution in [0.1, 0.15) is 27.9 Å². The second-order valence-corrected chi connectivity index (χ2v) is 10.5. The van der Waals surface area contributed by atoms with Gasteiger partial charge in [0.2, 0.25) is 5.91 Å². The Morgan fingerprint density at radius 3 is 2.43 bits per heavy atom. The van der Waals surface area contributed by atoms with Crippen LogP contribution in [0.25, 0.3) is 10.9 Å². The van der Waals surface area contributed by atoms with Crippen molar-refractivity contribution in [2.75, 3.05) is 25.2 Å². The number of para-hydroxylation sites is 1. The van der Waals surface area contributed by atoms with E-state index in [4.69, 9.17) is 0 Å². The lowest BCUT2D eigenvalue weighted by atomic mass is 10.0. The number of nitrogens with one attached hydrogen (secondary N) is 2. The number of aromatic nitrogens is 1. The van der Waals surface area contributed by atoms with E-state index in [2.05, 4.69) is 20.8 Å². The summed E-state index contributed by atoms with van der Waals surface area (Å²) in [6.45, 7) is 0. The number of hydrazone groups is 1. The smallest absolute Gasteiger partial charge is 0.380 e. The fraction of sp³-hybridized carbons (Fsp3) is 0.200. The van der Waals surface area contributed by atoms with Gasteiger partial charge in [-0.25, -0.2) is 9.82 Å². The van der Waals surface area contributed by atoms with Crippen molar-refractivity contribution < 1.29 is 27.2 Å². The normalized spacial score (nSPS) is 12.3. The lowest BCUT2D eigenvalue weighted by molar-refractivity contribution is -0.136. The van der Waals surface area contributed by atoms with Crippen molar-refractivity contribution in [3.63, 3.8) is 0 Å². The van der Waals surface area contributed by atoms with Gasteiger partial charge in [-0.2, -0.15) is 18.3 Å². The van der Waals surface area contributed by atoms with Crippen LogP contribution in [-0.2, 0) is 11.0 Å². The molecule has 0 bridgehead atoms. The van der Waals surface area contributed by atoms with Crippen LogP contribution < -0.4 is 10.7 Å². The Morgan fingerprint density at radius 2 is 1.74 bits per heavy atom. The van der Waals surface area contributed by atoms with Crippen molar-refractivity contribution in [2.24, 2.45) is 5.10 Å². The molecule has 4 aromatic rings. The van der Waals surface area contributed by atoms with Crippen molar-refractivity contribution >= 4 is 46.4 Å². The number of halogens is 4. The number of anilines is 1. The monoisotopic (exact) mass is 597 g/mol. The third-order valence-electron chi connectivity index (χ3n) is 6.19. The van der Waals surface area contributed by atoms with Gasteiger partial charge < -0.3 is 10.2 Å². The minimum Gasteiger partial charge on any atom is -0.380 e. The first-order chi connectivity index (χ1) is 20.0. The molecule has 0 aliphatic carbocycles. The summed E-state index contributed by atoms with van der Waals surface area (Å²) in [6.07, 6.45) is -2.54. The summed E-state index contributed by atoms with van der Waals surface area (Å²) in [7, 11) is 3.21. The van der Waals surface area contributed by atoms with Crippen LogP contribution in [-0.4, -0.2) is 53.8 Å². The standard InChI is InChI=1S/C30H27F4N5O2S/c1-39(2)26(40)15-20(18-42-21-10-4-3-5-11-21)37-27-22-12-8-13-24(30(32,33)34)28(22)35-17-23(27)29(41)38-36-16-19-9-6-7-14-25(19)31/h3-14,16-17,20H,15,18H2,1-2H3,(H,35,37)(H,38,41)/b36-16+/t20-/m1/s1. The van der Waals surface area contributed by atoms with E-state index in [-0.39, 0.29) is 40.0 Å². The first-order valence-corrected chi connectivity index (χ1v) is 13.7. The summed E-state index contributed by atoms with van der Waals surface area (Å²) in [5.74, 6) is -1.19. The van der Waals surface area contributed by atoms with Gasteiger partial charge in [-0.3, -0.25) is 14.6 Å². The fourth-order valence-corrected chi connectivity index (χ4v) is 4.99. The van der Waals surface area contributed by atoms with E-state index < -0.39 is 29.5 Å². The van der Waals surface area contributed by atoms with Gasteiger partial charge >= 0.3 is 6.18 Å². The maximum atomic E-state index is 14.0. The van der Waals surface area contributed by atoms with Gasteiger partial charge in [-0.15, -0.1) is 11.8 Å². The summed E-state index contributed by atoms with van der Waals surface area (Å²) >= 11 is 1.45. The highest BCUT2D eigenvalue weighted by Gasteiger charge is 2.34. The van der Waals surface area contributed by atoms with Gasteiger partial charge in [0, 0.05) is 54.4 Å². The number of amides is 2. The Bertz CT molecular complexity index is 1600. The molecule has 0 aliphatic heterocycles. The lowest BCUT2D eigenvalue weighted by Gasteiger charge is -2.24. The molecule has 0 aliphatic rings. The topological polar surface area (TPSA) is 86.7 Å². The number of pyridine rings is 1. The van der Waals surface area contributed by atoms with Crippen molar-refractivity contribution in [3.05, 3.63) is 102 Å². The van der Waals surface area contributed by atoms with E-state index in [0.717, 1.165) is 23.4 Å². The molecule has 0 fully saturated rings. The van der Waals surface area contributed by atoms with Crippen LogP contribution in [0.5, 0.6) is 0 Å². The number of fused-ring (bicyclic) bond motifs is 1. The van der Waals surface area contributed by atoms with Gasteiger partial charge in [0.05, 0.1) is 28.5 Å². The molecule has 42 heavy (non-hydrogen) atoms. The molecule has 0 radical (unpaired) electrons. The number of carbonyl (C=O) groups excluding carboxylic acids is 2. The van der Waals surface area contributed by atoms with Crippen LogP contribution in [0.3, 0.4) is 0 Å². The van der Waals surface area contributed by atoms with E-state index in [0.29, 0.717) is 5.75 Å². The summed E-state index contributed by atoms with van der Waals surface area (Å²) in [6, 6.07) is 18.2. The number of hydrogen-bond donors (Lipinski definition) is 2. The van der Waals surface area contributed by atoms with Gasteiger partial charge in [0.15, 0.2) is 0 Å². The number of benzene rings is 3. The maximum Gasteiger partial charge on any atom is 0.418 e. The summed E-state index contributed by atoms with van der Waals surface area (Å²) in [4.78, 5) is 32.3. The lowest BCUT2D eigenvalue weighted by Crippen LogP contribution is -2.33. The quantitative estimate of drug-likeness (QED) is 0.0983. The van der Waals surface area contributed by atoms with E-state index >= 15 is 0 Å². The third kappa shape index (κ3) is 7.64. The molecule has 12 heteroatoms. The molecule has 1 atom stereocenters. The molecule has 0 saturated carbocycles. The van der Waals surface area contributed by atoms with Crippen molar-refractivity contribution in [1.29, 1.82) is 0 Å². The van der Waals surface area contributed by atoms with Gasteiger partial charge in [-0.05, 0) is 24.3 Å². The first kappa shape index (κ1) is 30.5. The number of alkyl halides is 3. The van der Waals surface area contributed by atoms with Crippen LogP contribution >= 0.6 is 11.8 Å². The van der Waals surface area contributed by atoms with Gasteiger partial charge in [0.25, 0.3) is 5.91 Å². The Balaban J connectivity index is 1.74. The van der Waals surface area contributed by atoms with E-state index in [1.54, 1.807) is 20.2 Å². The second kappa shape index (κ2) is 13.5. The zero-order valence-corrected chi connectivity index (χ0v) is 23.5. The molecule has 0 spiro atoms. The third-order valence-corrected chi connectivity index (χ3v) is 7.36. The molecule has 1 heterocycles. The molecular weight excluding hydrogens is 570 g/mol. The molecule has 7 nitrogen and oxygen atoms in total. The highest BCUT2D eigenvalue weighted by Crippen LogP contribution is 2.37. The van der Waals surface area contributed by atoms with Crippen LogP contribution in [0.15, 0.2) is 89.0 Å². The average Bonchev–Trinajstić information content (AvgIpc) is 2.96. The number of thioether (sulfide) groups is 1. The minimum atomic E-state index is -4.69. The molecule has 2 N–H and O–H groups in total. The number of hydrogen-bond acceptors (Lipinski definition) is 6. The molecule has 4 rings (SSSR count). The van der Waals surface area contributed by atoms with Crippen molar-refractivity contribution in [1.82, 2.24) is 15.3 Å². The molecule has 0 saturated heterocycles. The Morgan fingerprint density at radius 1 is 1.02 bits per heavy atom. The second-order valence-electron chi connectivity index (χ2n) is 9.42. The van der Waals surface area contributed by atoms with E-state index in [1.165, 1.54) is 47.0 Å². The predicted molar refractivity (Wildman–Crippen MR) is 156 cm³/mol. The molecule has 218 valence electrons. The number of nitrogens with zero attached hydrogens (tertiary/aromatic N) is 3.